The topological polar surface area (TPSA) is 106 Å². The van der Waals surface area contributed by atoms with E-state index in [4.69, 9.17) is 5.41 Å². The van der Waals surface area contributed by atoms with Crippen LogP contribution in [0.25, 0.3) is 11.0 Å². The second-order valence-electron chi connectivity index (χ2n) is 4.41. The number of nitrogens with one attached hydrogen (secondary N) is 2. The van der Waals surface area contributed by atoms with Crippen molar-refractivity contribution in [2.75, 3.05) is 13.3 Å². The summed E-state index contributed by atoms with van der Waals surface area (Å²) in [5.74, 6) is -0.406. The van der Waals surface area contributed by atoms with E-state index in [1.54, 1.807) is 6.08 Å². The molecular formula is C14H16N6O2S. The summed E-state index contributed by atoms with van der Waals surface area (Å²) in [6.07, 6.45) is 7.34. The Morgan fingerprint density at radius 2 is 2.26 bits per heavy atom. The molecule has 0 aliphatic carbocycles. The van der Waals surface area contributed by atoms with Crippen molar-refractivity contribution in [1.82, 2.24) is 24.6 Å². The average Bonchev–Trinajstić information content (AvgIpc) is 2.84. The van der Waals surface area contributed by atoms with Gasteiger partial charge >= 0.3 is 0 Å². The van der Waals surface area contributed by atoms with Gasteiger partial charge in [-0.15, -0.1) is 6.58 Å². The normalized spacial score (nSPS) is 11.0. The van der Waals surface area contributed by atoms with Gasteiger partial charge in [0.25, 0.3) is 5.56 Å². The third-order valence-corrected chi connectivity index (χ3v) is 3.57. The maximum absolute atomic E-state index is 12.4. The van der Waals surface area contributed by atoms with Gasteiger partial charge in [0.05, 0.1) is 6.54 Å². The lowest BCUT2D eigenvalue weighted by Gasteiger charge is -2.09. The number of amides is 1. The predicted octanol–water partition coefficient (Wildman–Crippen LogP) is 0.628. The van der Waals surface area contributed by atoms with Crippen LogP contribution in [0.3, 0.4) is 0 Å². The molecule has 0 aliphatic rings. The van der Waals surface area contributed by atoms with Crippen LogP contribution < -0.4 is 10.9 Å². The highest BCUT2D eigenvalue weighted by Gasteiger charge is 2.17. The molecule has 2 aromatic heterocycles. The minimum absolute atomic E-state index is 0.0618. The van der Waals surface area contributed by atoms with E-state index in [9.17, 15) is 9.59 Å². The number of hydrogen-bond donors (Lipinski definition) is 2. The van der Waals surface area contributed by atoms with Crippen molar-refractivity contribution < 1.29 is 4.79 Å². The van der Waals surface area contributed by atoms with E-state index in [1.165, 1.54) is 46.5 Å². The molecule has 0 radical (unpaired) electrons. The Kier molecular flexibility index (Phi) is 5.12. The Bertz CT molecular complexity index is 864. The minimum atomic E-state index is -0.344. The molecule has 0 aromatic carbocycles. The van der Waals surface area contributed by atoms with Gasteiger partial charge in [0.15, 0.2) is 10.8 Å². The predicted molar refractivity (Wildman–Crippen MR) is 90.1 cm³/mol. The standard InChI is InChI=1S/C14H16N6O2S/c1-4-7-19-13(22)9-8-17-14(23-3)18-12(9)20(19)10(15)5-6-11(21)16-2/h4-6,8,15H,1,7H2,2-3H3,(H,16,21)/b6-5-,15-10?. The van der Waals surface area contributed by atoms with E-state index in [1.807, 2.05) is 6.26 Å². The highest BCUT2D eigenvalue weighted by molar-refractivity contribution is 7.98. The fraction of sp³-hybridized carbons (Fsp3) is 0.214. The summed E-state index contributed by atoms with van der Waals surface area (Å²) in [4.78, 5) is 32.2. The molecule has 0 spiro atoms. The van der Waals surface area contributed by atoms with Gasteiger partial charge in [-0.3, -0.25) is 15.0 Å². The maximum Gasteiger partial charge on any atom is 0.278 e. The van der Waals surface area contributed by atoms with Crippen LogP contribution in [0.15, 0.2) is 41.0 Å². The largest absolute Gasteiger partial charge is 0.356 e. The fourth-order valence-electron chi connectivity index (χ4n) is 1.95. The van der Waals surface area contributed by atoms with Gasteiger partial charge in [0.2, 0.25) is 5.91 Å². The van der Waals surface area contributed by atoms with Crippen LogP contribution in [0.2, 0.25) is 0 Å². The van der Waals surface area contributed by atoms with Crippen LogP contribution in [0.5, 0.6) is 0 Å². The van der Waals surface area contributed by atoms with Gasteiger partial charge in [-0.1, -0.05) is 17.8 Å². The smallest absolute Gasteiger partial charge is 0.278 e. The molecule has 1 amide bonds. The monoisotopic (exact) mass is 332 g/mol. The number of hydrogen-bond acceptors (Lipinski definition) is 6. The van der Waals surface area contributed by atoms with Crippen molar-refractivity contribution in [3.8, 4) is 0 Å². The first-order chi connectivity index (χ1) is 11.0. The second-order valence-corrected chi connectivity index (χ2v) is 5.19. The number of aromatic nitrogens is 4. The molecule has 0 aliphatic heterocycles. The third-order valence-electron chi connectivity index (χ3n) is 3.01. The van der Waals surface area contributed by atoms with Gasteiger partial charge in [-0.05, 0) is 12.3 Å². The summed E-state index contributed by atoms with van der Waals surface area (Å²) in [6.45, 7) is 3.83. The first-order valence-corrected chi connectivity index (χ1v) is 7.88. The van der Waals surface area contributed by atoms with E-state index < -0.39 is 0 Å². The van der Waals surface area contributed by atoms with Crippen molar-refractivity contribution in [1.29, 1.82) is 5.41 Å². The Morgan fingerprint density at radius 3 is 2.87 bits per heavy atom. The quantitative estimate of drug-likeness (QED) is 0.209. The Labute approximate surface area is 136 Å². The highest BCUT2D eigenvalue weighted by Crippen LogP contribution is 2.14. The van der Waals surface area contributed by atoms with Crippen molar-refractivity contribution in [3.05, 3.63) is 41.4 Å². The summed E-state index contributed by atoms with van der Waals surface area (Å²) in [6, 6.07) is 0. The number of fused-ring (bicyclic) bond motifs is 1. The van der Waals surface area contributed by atoms with Gasteiger partial charge < -0.3 is 5.32 Å². The lowest BCUT2D eigenvalue weighted by molar-refractivity contribution is -0.116. The zero-order valence-electron chi connectivity index (χ0n) is 12.7. The number of carbonyl (C=O) groups is 1. The summed E-state index contributed by atoms with van der Waals surface area (Å²) in [5.41, 5.74) is 0.00778. The summed E-state index contributed by atoms with van der Waals surface area (Å²) >= 11 is 1.33. The molecule has 0 fully saturated rings. The Hall–Kier alpha value is -2.68. The SMILES string of the molecule is C=CCn1c(=O)c2cnc(SC)nc2n1C(=N)/C=C\C(=O)NC. The molecule has 0 atom stereocenters. The molecule has 8 nitrogen and oxygen atoms in total. The Balaban J connectivity index is 2.67. The van der Waals surface area contributed by atoms with Gasteiger partial charge in [-0.2, -0.15) is 0 Å². The zero-order valence-corrected chi connectivity index (χ0v) is 13.6. The molecule has 120 valence electrons. The molecule has 0 unspecified atom stereocenters. The summed E-state index contributed by atoms with van der Waals surface area (Å²) in [5, 5.41) is 11.4. The van der Waals surface area contributed by atoms with Crippen LogP contribution in [-0.4, -0.2) is 44.4 Å². The molecule has 2 heterocycles. The number of likely N-dealkylation sites (N-methyl/N-ethyl adjacent to an activating group) is 1. The van der Waals surface area contributed by atoms with E-state index >= 15 is 0 Å². The van der Waals surface area contributed by atoms with E-state index in [-0.39, 0.29) is 23.8 Å². The molecule has 2 N–H and O–H groups in total. The maximum atomic E-state index is 12.4. The van der Waals surface area contributed by atoms with Crippen molar-refractivity contribution in [3.63, 3.8) is 0 Å². The number of rotatable bonds is 5. The lowest BCUT2D eigenvalue weighted by atomic mass is 10.4. The van der Waals surface area contributed by atoms with Crippen LogP contribution in [-0.2, 0) is 11.3 Å². The lowest BCUT2D eigenvalue weighted by Crippen LogP contribution is -2.26. The summed E-state index contributed by atoms with van der Waals surface area (Å²) in [7, 11) is 1.49. The molecule has 9 heteroatoms. The van der Waals surface area contributed by atoms with Gasteiger partial charge in [-0.25, -0.2) is 19.3 Å². The number of nitrogens with zero attached hydrogens (tertiary/aromatic N) is 4. The molecule has 0 bridgehead atoms. The van der Waals surface area contributed by atoms with Crippen LogP contribution in [0, 0.1) is 5.41 Å². The fourth-order valence-corrected chi connectivity index (χ4v) is 2.29. The molecule has 0 saturated carbocycles. The van der Waals surface area contributed by atoms with Crippen LogP contribution >= 0.6 is 11.8 Å². The molecule has 23 heavy (non-hydrogen) atoms. The highest BCUT2D eigenvalue weighted by atomic mass is 32.2. The first-order valence-electron chi connectivity index (χ1n) is 6.65. The molecule has 2 rings (SSSR count). The third kappa shape index (κ3) is 3.24. The molecule has 0 saturated heterocycles. The second kappa shape index (κ2) is 7.05. The molecular weight excluding hydrogens is 316 g/mol. The minimum Gasteiger partial charge on any atom is -0.356 e. The van der Waals surface area contributed by atoms with E-state index in [0.717, 1.165) is 0 Å². The van der Waals surface area contributed by atoms with Crippen LogP contribution in [0.4, 0.5) is 0 Å². The van der Waals surface area contributed by atoms with E-state index in [0.29, 0.717) is 16.2 Å². The zero-order chi connectivity index (χ0) is 17.0. The first kappa shape index (κ1) is 16.7. The number of thioether (sulfide) groups is 1. The van der Waals surface area contributed by atoms with E-state index in [2.05, 4.69) is 21.9 Å². The Morgan fingerprint density at radius 1 is 1.52 bits per heavy atom. The van der Waals surface area contributed by atoms with Gasteiger partial charge in [0.1, 0.15) is 11.2 Å². The average molecular weight is 332 g/mol. The number of allylic oxidation sites excluding steroid dienone is 2. The number of carbonyl (C=O) groups excluding carboxylic acids is 1. The van der Waals surface area contributed by atoms with Crippen molar-refractivity contribution in [2.24, 2.45) is 0 Å². The van der Waals surface area contributed by atoms with Crippen molar-refractivity contribution in [2.45, 2.75) is 11.7 Å². The van der Waals surface area contributed by atoms with Crippen LogP contribution in [0.1, 0.15) is 0 Å². The molecule has 2 aromatic rings. The summed E-state index contributed by atoms with van der Waals surface area (Å²) < 4.78 is 2.67. The van der Waals surface area contributed by atoms with Crippen molar-refractivity contribution >= 4 is 34.5 Å². The van der Waals surface area contributed by atoms with Gasteiger partial charge in [0, 0.05) is 19.3 Å².